The van der Waals surface area contributed by atoms with Crippen LogP contribution in [-0.2, 0) is 0 Å². The minimum Gasteiger partial charge on any atom is -0.324 e. The van der Waals surface area contributed by atoms with E-state index in [1.807, 2.05) is 32.0 Å². The lowest BCUT2D eigenvalue weighted by Crippen LogP contribution is -2.15. The maximum absolute atomic E-state index is 13.2. The third-order valence-electron chi connectivity index (χ3n) is 3.92. The van der Waals surface area contributed by atoms with Crippen molar-refractivity contribution in [3.8, 4) is 0 Å². The minimum absolute atomic E-state index is 0.0949. The summed E-state index contributed by atoms with van der Waals surface area (Å²) in [6.45, 7) is 3.96. The molecule has 2 aromatic carbocycles. The Bertz CT molecular complexity index is 976. The Labute approximate surface area is 149 Å². The van der Waals surface area contributed by atoms with Crippen LogP contribution in [0.3, 0.4) is 0 Å². The molecule has 0 saturated carbocycles. The second kappa shape index (κ2) is 7.26. The molecule has 26 heavy (non-hydrogen) atoms. The third-order valence-corrected chi connectivity index (χ3v) is 3.92. The van der Waals surface area contributed by atoms with E-state index in [2.05, 4.69) is 20.6 Å². The lowest BCUT2D eigenvalue weighted by Gasteiger charge is -2.11. The zero-order valence-electron chi connectivity index (χ0n) is 14.2. The van der Waals surface area contributed by atoms with E-state index >= 15 is 0 Å². The predicted molar refractivity (Wildman–Crippen MR) is 95.5 cm³/mol. The number of anilines is 3. The summed E-state index contributed by atoms with van der Waals surface area (Å²) in [5.74, 6) is -2.31. The van der Waals surface area contributed by atoms with Crippen molar-refractivity contribution < 1.29 is 13.6 Å². The molecule has 132 valence electrons. The van der Waals surface area contributed by atoms with Crippen LogP contribution in [0, 0.1) is 25.5 Å². The number of nitrogens with zero attached hydrogens (tertiary/aromatic N) is 2. The highest BCUT2D eigenvalue weighted by atomic mass is 19.2. The molecule has 0 saturated heterocycles. The summed E-state index contributed by atoms with van der Waals surface area (Å²) < 4.78 is 26.2. The minimum atomic E-state index is -1.04. The van der Waals surface area contributed by atoms with Crippen molar-refractivity contribution in [2.45, 2.75) is 13.8 Å². The zero-order chi connectivity index (χ0) is 18.7. The van der Waals surface area contributed by atoms with Gasteiger partial charge >= 0.3 is 0 Å². The molecule has 0 spiro atoms. The van der Waals surface area contributed by atoms with Gasteiger partial charge in [0, 0.05) is 23.6 Å². The van der Waals surface area contributed by atoms with E-state index in [9.17, 15) is 13.6 Å². The molecule has 1 aromatic heterocycles. The first kappa shape index (κ1) is 17.5. The van der Waals surface area contributed by atoms with Gasteiger partial charge < -0.3 is 10.6 Å². The number of benzene rings is 2. The van der Waals surface area contributed by atoms with Crippen LogP contribution < -0.4 is 10.6 Å². The summed E-state index contributed by atoms with van der Waals surface area (Å²) in [5.41, 5.74) is 3.23. The Kier molecular flexibility index (Phi) is 4.88. The normalized spacial score (nSPS) is 10.5. The molecule has 0 aliphatic rings. The third kappa shape index (κ3) is 3.83. The van der Waals surface area contributed by atoms with Gasteiger partial charge in [-0.3, -0.25) is 4.79 Å². The van der Waals surface area contributed by atoms with E-state index in [1.165, 1.54) is 18.3 Å². The van der Waals surface area contributed by atoms with Crippen LogP contribution >= 0.6 is 0 Å². The average Bonchev–Trinajstić information content (AvgIpc) is 2.62. The van der Waals surface area contributed by atoms with Crippen molar-refractivity contribution in [2.24, 2.45) is 0 Å². The molecule has 0 bridgehead atoms. The van der Waals surface area contributed by atoms with Crippen molar-refractivity contribution in [3.63, 3.8) is 0 Å². The zero-order valence-corrected chi connectivity index (χ0v) is 14.2. The Morgan fingerprint density at radius 3 is 2.62 bits per heavy atom. The van der Waals surface area contributed by atoms with Crippen molar-refractivity contribution >= 4 is 23.2 Å². The van der Waals surface area contributed by atoms with Gasteiger partial charge in [0.1, 0.15) is 5.69 Å². The number of aromatic nitrogens is 2. The van der Waals surface area contributed by atoms with Crippen molar-refractivity contribution in [1.29, 1.82) is 0 Å². The fourth-order valence-corrected chi connectivity index (χ4v) is 2.32. The first-order valence-electron chi connectivity index (χ1n) is 7.87. The molecule has 0 aliphatic carbocycles. The summed E-state index contributed by atoms with van der Waals surface area (Å²) in [6.07, 6.45) is 1.45. The van der Waals surface area contributed by atoms with Gasteiger partial charge in [-0.15, -0.1) is 0 Å². The van der Waals surface area contributed by atoms with Crippen LogP contribution in [0.5, 0.6) is 0 Å². The molecule has 3 aromatic rings. The lowest BCUT2D eigenvalue weighted by molar-refractivity contribution is 0.102. The number of hydrogen-bond donors (Lipinski definition) is 2. The standard InChI is InChI=1S/C19H16F2N4O/c1-11-4-3-5-16(12(11)2)24-19-22-9-8-17(25-19)18(26)23-13-6-7-14(20)15(21)10-13/h3-10H,1-2H3,(H,23,26)(H,22,24,25). The number of rotatable bonds is 4. The molecule has 0 fully saturated rings. The second-order valence-corrected chi connectivity index (χ2v) is 5.72. The average molecular weight is 354 g/mol. The quantitative estimate of drug-likeness (QED) is 0.730. The number of aryl methyl sites for hydroxylation is 1. The van der Waals surface area contributed by atoms with Crippen LogP contribution in [0.15, 0.2) is 48.7 Å². The van der Waals surface area contributed by atoms with E-state index in [1.54, 1.807) is 0 Å². The smallest absolute Gasteiger partial charge is 0.274 e. The maximum atomic E-state index is 13.2. The van der Waals surface area contributed by atoms with Gasteiger partial charge in [-0.25, -0.2) is 18.7 Å². The number of amides is 1. The largest absolute Gasteiger partial charge is 0.324 e. The molecule has 5 nitrogen and oxygen atoms in total. The van der Waals surface area contributed by atoms with Crippen LogP contribution in [0.4, 0.5) is 26.1 Å². The van der Waals surface area contributed by atoms with E-state index < -0.39 is 17.5 Å². The van der Waals surface area contributed by atoms with Crippen molar-refractivity contribution in [2.75, 3.05) is 10.6 Å². The molecule has 0 radical (unpaired) electrons. The molecule has 1 amide bonds. The highest BCUT2D eigenvalue weighted by Gasteiger charge is 2.11. The van der Waals surface area contributed by atoms with Crippen molar-refractivity contribution in [1.82, 2.24) is 9.97 Å². The second-order valence-electron chi connectivity index (χ2n) is 5.72. The lowest BCUT2D eigenvalue weighted by atomic mass is 10.1. The first-order valence-corrected chi connectivity index (χ1v) is 7.87. The topological polar surface area (TPSA) is 66.9 Å². The Balaban J connectivity index is 1.79. The van der Waals surface area contributed by atoms with Gasteiger partial charge in [0.05, 0.1) is 0 Å². The number of carbonyl (C=O) groups excluding carboxylic acids is 1. The predicted octanol–water partition coefficient (Wildman–Crippen LogP) is 4.37. The molecular weight excluding hydrogens is 338 g/mol. The number of hydrogen-bond acceptors (Lipinski definition) is 4. The number of carbonyl (C=O) groups is 1. The fourth-order valence-electron chi connectivity index (χ4n) is 2.32. The SMILES string of the molecule is Cc1cccc(Nc2nccc(C(=O)Nc3ccc(F)c(F)c3)n2)c1C. The van der Waals surface area contributed by atoms with E-state index in [-0.39, 0.29) is 17.3 Å². The molecule has 2 N–H and O–H groups in total. The van der Waals surface area contributed by atoms with Gasteiger partial charge in [0.25, 0.3) is 5.91 Å². The van der Waals surface area contributed by atoms with Crippen LogP contribution in [0.2, 0.25) is 0 Å². The Morgan fingerprint density at radius 1 is 1.04 bits per heavy atom. The molecule has 1 heterocycles. The maximum Gasteiger partial charge on any atom is 0.274 e. The summed E-state index contributed by atoms with van der Waals surface area (Å²) >= 11 is 0. The molecule has 3 rings (SSSR count). The van der Waals surface area contributed by atoms with Gasteiger partial charge in [0.2, 0.25) is 5.95 Å². The molecule has 0 aliphatic heterocycles. The number of nitrogens with one attached hydrogen (secondary N) is 2. The fraction of sp³-hybridized carbons (Fsp3) is 0.105. The Hall–Kier alpha value is -3.35. The summed E-state index contributed by atoms with van der Waals surface area (Å²) in [6, 6.07) is 10.3. The highest BCUT2D eigenvalue weighted by Crippen LogP contribution is 2.21. The van der Waals surface area contributed by atoms with Gasteiger partial charge in [-0.05, 0) is 49.2 Å². The summed E-state index contributed by atoms with van der Waals surface area (Å²) in [7, 11) is 0. The van der Waals surface area contributed by atoms with Crippen molar-refractivity contribution in [3.05, 3.63) is 77.1 Å². The first-order chi connectivity index (χ1) is 12.4. The molecule has 0 unspecified atom stereocenters. The van der Waals surface area contributed by atoms with Gasteiger partial charge in [-0.2, -0.15) is 0 Å². The molecule has 0 atom stereocenters. The molecule has 7 heteroatoms. The van der Waals surface area contributed by atoms with Gasteiger partial charge in [0.15, 0.2) is 11.6 Å². The summed E-state index contributed by atoms with van der Waals surface area (Å²) in [4.78, 5) is 20.6. The molecular formula is C19H16F2N4O. The monoisotopic (exact) mass is 354 g/mol. The number of halogens is 2. The summed E-state index contributed by atoms with van der Waals surface area (Å²) in [5, 5.41) is 5.55. The van der Waals surface area contributed by atoms with E-state index in [0.717, 1.165) is 28.9 Å². The Morgan fingerprint density at radius 2 is 1.85 bits per heavy atom. The van der Waals surface area contributed by atoms with E-state index in [4.69, 9.17) is 0 Å². The van der Waals surface area contributed by atoms with E-state index in [0.29, 0.717) is 0 Å². The van der Waals surface area contributed by atoms with Gasteiger partial charge in [-0.1, -0.05) is 12.1 Å². The van der Waals surface area contributed by atoms with Crippen LogP contribution in [0.25, 0.3) is 0 Å². The van der Waals surface area contributed by atoms with Crippen LogP contribution in [-0.4, -0.2) is 15.9 Å². The van der Waals surface area contributed by atoms with Crippen LogP contribution in [0.1, 0.15) is 21.6 Å². The highest BCUT2D eigenvalue weighted by molar-refractivity contribution is 6.03.